The zero-order chi connectivity index (χ0) is 9.26. The third kappa shape index (κ3) is 1.76. The van der Waals surface area contributed by atoms with Crippen LogP contribution in [0, 0.1) is 0 Å². The molecule has 2 N–H and O–H groups in total. The fourth-order valence-electron chi connectivity index (χ4n) is 1.02. The number of carbonyl (C=O) groups excluding carboxylic acids is 1. The highest BCUT2D eigenvalue weighted by Gasteiger charge is 2.28. The minimum absolute atomic E-state index is 0.234. The predicted molar refractivity (Wildman–Crippen MR) is 46.5 cm³/mol. The molecule has 70 valence electrons. The summed E-state index contributed by atoms with van der Waals surface area (Å²) < 4.78 is 0. The van der Waals surface area contributed by atoms with Crippen LogP contribution in [0.3, 0.4) is 0 Å². The Bertz CT molecular complexity index is 296. The number of hydrogen-bond acceptors (Lipinski definition) is 5. The highest BCUT2D eigenvalue weighted by molar-refractivity contribution is 7.13. The van der Waals surface area contributed by atoms with Crippen molar-refractivity contribution in [1.82, 2.24) is 15.1 Å². The lowest BCUT2D eigenvalue weighted by Gasteiger charge is -2.35. The number of β-amino-alcohol motifs (C(OH)–C–C–N with tert-alkyl or cyclic N) is 1. The molecule has 2 heterocycles. The van der Waals surface area contributed by atoms with E-state index in [1.807, 2.05) is 0 Å². The summed E-state index contributed by atoms with van der Waals surface area (Å²) in [5.41, 5.74) is 1.54. The standard InChI is InChI=1S/C6H8N4O2S/c11-4-1-10(2-4)6(12)8-5-9-7-3-13-5/h3-4,11H,1-2H2,(H,8,9,12). The molecule has 0 bridgehead atoms. The first kappa shape index (κ1) is 8.39. The topological polar surface area (TPSA) is 78.4 Å². The van der Waals surface area contributed by atoms with Gasteiger partial charge in [-0.15, -0.1) is 10.2 Å². The van der Waals surface area contributed by atoms with E-state index < -0.39 is 0 Å². The number of aromatic nitrogens is 2. The average Bonchev–Trinajstić information content (AvgIpc) is 2.51. The number of amides is 2. The highest BCUT2D eigenvalue weighted by Crippen LogP contribution is 2.12. The minimum atomic E-state index is -0.375. The van der Waals surface area contributed by atoms with Crippen LogP contribution in [0.2, 0.25) is 0 Å². The Hall–Kier alpha value is -1.21. The van der Waals surface area contributed by atoms with Crippen molar-refractivity contribution >= 4 is 22.5 Å². The lowest BCUT2D eigenvalue weighted by molar-refractivity contribution is 0.0308. The summed E-state index contributed by atoms with van der Waals surface area (Å²) in [5.74, 6) is 0. The van der Waals surface area contributed by atoms with Gasteiger partial charge in [0.2, 0.25) is 5.13 Å². The SMILES string of the molecule is O=C(Nc1nncs1)N1CC(O)C1. The first-order valence-corrected chi connectivity index (χ1v) is 4.64. The van der Waals surface area contributed by atoms with Crippen LogP contribution in [-0.4, -0.2) is 45.4 Å². The summed E-state index contributed by atoms with van der Waals surface area (Å²) in [6.45, 7) is 0.787. The Balaban J connectivity index is 1.86. The molecule has 1 fully saturated rings. The van der Waals surface area contributed by atoms with E-state index in [4.69, 9.17) is 5.11 Å². The molecule has 0 unspecified atom stereocenters. The van der Waals surface area contributed by atoms with Gasteiger partial charge in [-0.25, -0.2) is 4.79 Å². The maximum atomic E-state index is 11.3. The number of carbonyl (C=O) groups is 1. The number of nitrogens with one attached hydrogen (secondary N) is 1. The molecule has 1 aliphatic rings. The molecule has 6 nitrogen and oxygen atoms in total. The molecule has 0 radical (unpaired) electrons. The normalized spacial score (nSPS) is 16.8. The van der Waals surface area contributed by atoms with E-state index in [1.165, 1.54) is 16.2 Å². The van der Waals surface area contributed by atoms with Crippen LogP contribution >= 0.6 is 11.3 Å². The largest absolute Gasteiger partial charge is 0.389 e. The molecule has 1 aliphatic heterocycles. The van der Waals surface area contributed by atoms with E-state index in [0.717, 1.165) is 0 Å². The van der Waals surface area contributed by atoms with Crippen molar-refractivity contribution in [2.75, 3.05) is 18.4 Å². The summed E-state index contributed by atoms with van der Waals surface area (Å²) in [6.07, 6.45) is -0.375. The number of aliphatic hydroxyl groups is 1. The highest BCUT2D eigenvalue weighted by atomic mass is 32.1. The fraction of sp³-hybridized carbons (Fsp3) is 0.500. The van der Waals surface area contributed by atoms with Crippen LogP contribution in [-0.2, 0) is 0 Å². The lowest BCUT2D eigenvalue weighted by atomic mass is 10.2. The quantitative estimate of drug-likeness (QED) is 0.655. The Morgan fingerprint density at radius 2 is 2.54 bits per heavy atom. The van der Waals surface area contributed by atoms with Gasteiger partial charge >= 0.3 is 6.03 Å². The third-order valence-corrected chi connectivity index (χ3v) is 2.33. The van der Waals surface area contributed by atoms with E-state index in [9.17, 15) is 4.79 Å². The van der Waals surface area contributed by atoms with Gasteiger partial charge in [0, 0.05) is 0 Å². The maximum absolute atomic E-state index is 11.3. The van der Waals surface area contributed by atoms with Crippen LogP contribution < -0.4 is 5.32 Å². The molecular weight excluding hydrogens is 192 g/mol. The molecule has 0 spiro atoms. The van der Waals surface area contributed by atoms with E-state index in [-0.39, 0.29) is 12.1 Å². The molecular formula is C6H8N4O2S. The van der Waals surface area contributed by atoms with Crippen molar-refractivity contribution in [3.63, 3.8) is 0 Å². The molecule has 0 saturated carbocycles. The number of anilines is 1. The van der Waals surface area contributed by atoms with Gasteiger partial charge in [-0.2, -0.15) is 0 Å². The van der Waals surface area contributed by atoms with Gasteiger partial charge in [-0.3, -0.25) is 5.32 Å². The van der Waals surface area contributed by atoms with Crippen LogP contribution in [0.15, 0.2) is 5.51 Å². The number of likely N-dealkylation sites (tertiary alicyclic amines) is 1. The van der Waals surface area contributed by atoms with E-state index in [0.29, 0.717) is 18.2 Å². The monoisotopic (exact) mass is 200 g/mol. The summed E-state index contributed by atoms with van der Waals surface area (Å²) in [6, 6.07) is -0.234. The summed E-state index contributed by atoms with van der Waals surface area (Å²) >= 11 is 1.26. The Morgan fingerprint density at radius 3 is 3.08 bits per heavy atom. The van der Waals surface area contributed by atoms with Gasteiger partial charge in [0.25, 0.3) is 0 Å². The lowest BCUT2D eigenvalue weighted by Crippen LogP contribution is -2.54. The molecule has 0 aromatic carbocycles. The summed E-state index contributed by atoms with van der Waals surface area (Å²) in [7, 11) is 0. The van der Waals surface area contributed by atoms with Crippen molar-refractivity contribution < 1.29 is 9.90 Å². The Labute approximate surface area is 78.2 Å². The van der Waals surface area contributed by atoms with Gasteiger partial charge in [0.15, 0.2) is 0 Å². The summed E-state index contributed by atoms with van der Waals surface area (Å²) in [4.78, 5) is 12.8. The predicted octanol–water partition coefficient (Wildman–Crippen LogP) is -0.254. The van der Waals surface area contributed by atoms with Gasteiger partial charge in [-0.05, 0) is 0 Å². The molecule has 13 heavy (non-hydrogen) atoms. The van der Waals surface area contributed by atoms with Crippen molar-refractivity contribution in [1.29, 1.82) is 0 Å². The molecule has 2 rings (SSSR count). The number of urea groups is 1. The Kier molecular flexibility index (Phi) is 2.11. The fourth-order valence-corrected chi connectivity index (χ4v) is 1.45. The van der Waals surface area contributed by atoms with Gasteiger partial charge in [0.05, 0.1) is 19.2 Å². The van der Waals surface area contributed by atoms with Crippen LogP contribution in [0.1, 0.15) is 0 Å². The number of hydrogen-bond donors (Lipinski definition) is 2. The minimum Gasteiger partial charge on any atom is -0.389 e. The smallest absolute Gasteiger partial charge is 0.323 e. The summed E-state index contributed by atoms with van der Waals surface area (Å²) in [5, 5.41) is 19.2. The molecule has 1 saturated heterocycles. The van der Waals surface area contributed by atoms with E-state index >= 15 is 0 Å². The van der Waals surface area contributed by atoms with E-state index in [1.54, 1.807) is 5.51 Å². The van der Waals surface area contributed by atoms with Crippen molar-refractivity contribution in [3.8, 4) is 0 Å². The van der Waals surface area contributed by atoms with Crippen LogP contribution in [0.4, 0.5) is 9.93 Å². The second-order valence-corrected chi connectivity index (χ2v) is 3.57. The molecule has 0 aliphatic carbocycles. The molecule has 0 atom stereocenters. The van der Waals surface area contributed by atoms with Gasteiger partial charge in [0.1, 0.15) is 5.51 Å². The molecule has 1 aromatic heterocycles. The second kappa shape index (κ2) is 3.27. The third-order valence-electron chi connectivity index (χ3n) is 1.72. The Morgan fingerprint density at radius 1 is 1.77 bits per heavy atom. The maximum Gasteiger partial charge on any atom is 0.323 e. The molecule has 1 aromatic rings. The van der Waals surface area contributed by atoms with Crippen molar-refractivity contribution in [3.05, 3.63) is 5.51 Å². The number of aliphatic hydroxyl groups excluding tert-OH is 1. The first-order chi connectivity index (χ1) is 6.25. The first-order valence-electron chi connectivity index (χ1n) is 3.76. The second-order valence-electron chi connectivity index (χ2n) is 2.73. The zero-order valence-corrected chi connectivity index (χ0v) is 7.49. The number of nitrogens with zero attached hydrogens (tertiary/aromatic N) is 3. The van der Waals surface area contributed by atoms with Crippen molar-refractivity contribution in [2.24, 2.45) is 0 Å². The molecule has 7 heteroatoms. The van der Waals surface area contributed by atoms with Crippen LogP contribution in [0.5, 0.6) is 0 Å². The van der Waals surface area contributed by atoms with Gasteiger partial charge in [-0.1, -0.05) is 11.3 Å². The van der Waals surface area contributed by atoms with Crippen LogP contribution in [0.25, 0.3) is 0 Å². The number of rotatable bonds is 1. The zero-order valence-electron chi connectivity index (χ0n) is 6.67. The van der Waals surface area contributed by atoms with Gasteiger partial charge < -0.3 is 10.0 Å². The van der Waals surface area contributed by atoms with E-state index in [2.05, 4.69) is 15.5 Å². The average molecular weight is 200 g/mol. The molecule has 2 amide bonds. The van der Waals surface area contributed by atoms with Crippen molar-refractivity contribution in [2.45, 2.75) is 6.10 Å².